The van der Waals surface area contributed by atoms with E-state index in [9.17, 15) is 0 Å². The maximum atomic E-state index is 6.86. The molecule has 3 aromatic heterocycles. The van der Waals surface area contributed by atoms with E-state index in [1.807, 2.05) is 18.3 Å². The second kappa shape index (κ2) is 15.0. The first-order valence-electron chi connectivity index (χ1n) is 21.4. The highest BCUT2D eigenvalue weighted by Crippen LogP contribution is 2.38. The number of aromatic nitrogens is 3. The molecular formula is C58H41N5. The van der Waals surface area contributed by atoms with Crippen molar-refractivity contribution in [3.8, 4) is 44.8 Å². The molecule has 0 saturated heterocycles. The highest BCUT2D eigenvalue weighted by Gasteiger charge is 2.17. The summed E-state index contributed by atoms with van der Waals surface area (Å²) in [5.74, 6) is 0. The van der Waals surface area contributed by atoms with Crippen LogP contribution in [0.15, 0.2) is 230 Å². The molecule has 298 valence electrons. The van der Waals surface area contributed by atoms with Gasteiger partial charge < -0.3 is 19.9 Å². The van der Waals surface area contributed by atoms with Crippen LogP contribution in [0.2, 0.25) is 0 Å². The molecule has 0 aliphatic heterocycles. The molecule has 0 bridgehead atoms. The first kappa shape index (κ1) is 36.6. The van der Waals surface area contributed by atoms with Gasteiger partial charge in [0.2, 0.25) is 0 Å². The smallest absolute Gasteiger partial charge is 0.134 e. The van der Waals surface area contributed by atoms with Crippen LogP contribution in [-0.4, -0.2) is 14.1 Å². The van der Waals surface area contributed by atoms with E-state index in [2.05, 4.69) is 220 Å². The largest absolute Gasteiger partial charge is 0.346 e. The number of nitrogens with one attached hydrogen (secondary N) is 1. The summed E-state index contributed by atoms with van der Waals surface area (Å²) in [6, 6.07) is 78.1. The van der Waals surface area contributed by atoms with Gasteiger partial charge in [0.25, 0.3) is 0 Å². The number of H-pyrrole nitrogens is 1. The molecule has 1 atom stereocenters. The van der Waals surface area contributed by atoms with E-state index in [0.717, 1.165) is 44.6 Å². The van der Waals surface area contributed by atoms with Gasteiger partial charge in [0.15, 0.2) is 0 Å². The van der Waals surface area contributed by atoms with Crippen molar-refractivity contribution in [1.82, 2.24) is 14.1 Å². The minimum Gasteiger partial charge on any atom is -0.346 e. The summed E-state index contributed by atoms with van der Waals surface area (Å²) in [6.45, 7) is 0. The van der Waals surface area contributed by atoms with E-state index in [0.29, 0.717) is 0 Å². The number of nitrogens with zero attached hydrogens (tertiary/aromatic N) is 3. The highest BCUT2D eigenvalue weighted by molar-refractivity contribution is 6.12. The zero-order valence-electron chi connectivity index (χ0n) is 34.4. The second-order valence-electron chi connectivity index (χ2n) is 16.2. The second-order valence-corrected chi connectivity index (χ2v) is 16.2. The number of aromatic amines is 1. The van der Waals surface area contributed by atoms with Crippen LogP contribution in [0.3, 0.4) is 0 Å². The molecule has 0 fully saturated rings. The molecule has 0 amide bonds. The topological polar surface area (TPSA) is 64.0 Å². The Labute approximate surface area is 364 Å². The summed E-state index contributed by atoms with van der Waals surface area (Å²) in [6.07, 6.45) is 1.34. The van der Waals surface area contributed by atoms with Gasteiger partial charge in [0, 0.05) is 44.7 Å². The number of nitrogens with two attached hydrogens (primary N) is 1. The average molecular weight is 808 g/mol. The van der Waals surface area contributed by atoms with Crippen LogP contribution < -0.4 is 11.2 Å². The molecular weight excluding hydrogens is 767 g/mol. The molecule has 3 heterocycles. The molecule has 0 aliphatic rings. The zero-order valence-corrected chi connectivity index (χ0v) is 34.4. The van der Waals surface area contributed by atoms with Crippen LogP contribution in [0.5, 0.6) is 0 Å². The van der Waals surface area contributed by atoms with E-state index in [1.165, 1.54) is 65.6 Å². The SMILES string of the molecule is NC(/N=c1\[nH]cccc1-c1ccc2cc(-c3ccccc3)ccc2c1)c1ccc(-n2c3ccccc3c3cc(-c4ccc5c(c4)c4ccccc4n5-c4ccccc4)ccc32)cc1. The molecule has 63 heavy (non-hydrogen) atoms. The predicted octanol–water partition coefficient (Wildman–Crippen LogP) is 13.9. The van der Waals surface area contributed by atoms with Crippen molar-refractivity contribution >= 4 is 54.4 Å². The normalized spacial score (nSPS) is 12.6. The van der Waals surface area contributed by atoms with Gasteiger partial charge in [-0.15, -0.1) is 0 Å². The molecule has 0 spiro atoms. The molecule has 5 nitrogen and oxygen atoms in total. The lowest BCUT2D eigenvalue weighted by atomic mass is 9.98. The minimum atomic E-state index is -0.565. The van der Waals surface area contributed by atoms with E-state index in [1.54, 1.807) is 0 Å². The summed E-state index contributed by atoms with van der Waals surface area (Å²) in [5.41, 5.74) is 22.4. The van der Waals surface area contributed by atoms with E-state index in [4.69, 9.17) is 10.7 Å². The van der Waals surface area contributed by atoms with E-state index < -0.39 is 6.17 Å². The average Bonchev–Trinajstić information content (AvgIpc) is 3.86. The number of rotatable bonds is 7. The standard InChI is InChI=1S/C58H41N5/c59-57(61-58-48(18-11-33-60-58)45-24-23-41-34-40(21-22-42(41)35-45)38-12-3-1-4-13-38)39-25-29-47(30-26-39)63-54-20-10-8-17-50(54)52-37-44(28-32-56(52)63)43-27-31-55-51(36-43)49-16-7-9-19-53(49)62(55)46-14-5-2-6-15-46/h1-37,57H,59H2,(H,60,61). The van der Waals surface area contributed by atoms with Crippen molar-refractivity contribution in [2.45, 2.75) is 6.17 Å². The molecule has 0 radical (unpaired) electrons. The fraction of sp³-hybridized carbons (Fsp3) is 0.0172. The van der Waals surface area contributed by atoms with Gasteiger partial charge in [-0.25, -0.2) is 4.99 Å². The Morgan fingerprint density at radius 1 is 0.381 bits per heavy atom. The van der Waals surface area contributed by atoms with Crippen LogP contribution in [-0.2, 0) is 0 Å². The minimum absolute atomic E-state index is 0.565. The Kier molecular flexibility index (Phi) is 8.73. The summed E-state index contributed by atoms with van der Waals surface area (Å²) >= 11 is 0. The molecule has 3 N–H and O–H groups in total. The summed E-state index contributed by atoms with van der Waals surface area (Å²) in [7, 11) is 0. The summed E-state index contributed by atoms with van der Waals surface area (Å²) < 4.78 is 4.71. The molecule has 9 aromatic carbocycles. The van der Waals surface area contributed by atoms with Crippen molar-refractivity contribution in [1.29, 1.82) is 0 Å². The molecule has 0 saturated carbocycles. The van der Waals surface area contributed by atoms with Crippen molar-refractivity contribution in [3.63, 3.8) is 0 Å². The maximum absolute atomic E-state index is 6.86. The summed E-state index contributed by atoms with van der Waals surface area (Å²) in [4.78, 5) is 8.41. The van der Waals surface area contributed by atoms with Gasteiger partial charge in [-0.3, -0.25) is 0 Å². The third kappa shape index (κ3) is 6.33. The van der Waals surface area contributed by atoms with Crippen molar-refractivity contribution in [2.75, 3.05) is 0 Å². The van der Waals surface area contributed by atoms with Gasteiger partial charge in [-0.05, 0) is 129 Å². The number of hydrogen-bond acceptors (Lipinski definition) is 2. The third-order valence-corrected chi connectivity index (χ3v) is 12.5. The van der Waals surface area contributed by atoms with Crippen LogP contribution in [0.4, 0.5) is 0 Å². The van der Waals surface area contributed by atoms with Gasteiger partial charge in [-0.1, -0.05) is 133 Å². The van der Waals surface area contributed by atoms with E-state index in [-0.39, 0.29) is 0 Å². The Morgan fingerprint density at radius 3 is 1.51 bits per heavy atom. The lowest BCUT2D eigenvalue weighted by Gasteiger charge is -2.12. The molecule has 0 aliphatic carbocycles. The molecule has 5 heteroatoms. The van der Waals surface area contributed by atoms with Crippen LogP contribution in [0.1, 0.15) is 11.7 Å². The maximum Gasteiger partial charge on any atom is 0.134 e. The third-order valence-electron chi connectivity index (χ3n) is 12.5. The Morgan fingerprint density at radius 2 is 0.873 bits per heavy atom. The van der Waals surface area contributed by atoms with Crippen LogP contribution in [0, 0.1) is 0 Å². The fourth-order valence-electron chi connectivity index (χ4n) is 9.46. The first-order valence-corrected chi connectivity index (χ1v) is 21.4. The number of hydrogen-bond donors (Lipinski definition) is 2. The number of benzene rings is 9. The van der Waals surface area contributed by atoms with E-state index >= 15 is 0 Å². The van der Waals surface area contributed by atoms with Crippen molar-refractivity contribution in [2.24, 2.45) is 10.7 Å². The predicted molar refractivity (Wildman–Crippen MR) is 262 cm³/mol. The van der Waals surface area contributed by atoms with Gasteiger partial charge in [-0.2, -0.15) is 0 Å². The number of para-hydroxylation sites is 3. The van der Waals surface area contributed by atoms with Gasteiger partial charge in [0.05, 0.1) is 22.1 Å². The van der Waals surface area contributed by atoms with Gasteiger partial charge in [0.1, 0.15) is 11.7 Å². The Balaban J connectivity index is 0.873. The zero-order chi connectivity index (χ0) is 41.9. The molecule has 1 unspecified atom stereocenters. The monoisotopic (exact) mass is 807 g/mol. The molecule has 12 aromatic rings. The van der Waals surface area contributed by atoms with Gasteiger partial charge >= 0.3 is 0 Å². The Hall–Kier alpha value is -8.25. The Bertz CT molecular complexity index is 3740. The lowest BCUT2D eigenvalue weighted by molar-refractivity contribution is 0.739. The highest BCUT2D eigenvalue weighted by atomic mass is 15.0. The lowest BCUT2D eigenvalue weighted by Crippen LogP contribution is -2.17. The summed E-state index contributed by atoms with van der Waals surface area (Å²) in [5, 5.41) is 7.28. The van der Waals surface area contributed by atoms with Crippen molar-refractivity contribution < 1.29 is 0 Å². The first-order chi connectivity index (χ1) is 31.1. The quantitative estimate of drug-likeness (QED) is 0.165. The number of fused-ring (bicyclic) bond motifs is 7. The fourth-order valence-corrected chi connectivity index (χ4v) is 9.46. The van der Waals surface area contributed by atoms with Crippen LogP contribution >= 0.6 is 0 Å². The van der Waals surface area contributed by atoms with Crippen LogP contribution in [0.25, 0.3) is 99.1 Å². The number of pyridine rings is 1. The van der Waals surface area contributed by atoms with Crippen molar-refractivity contribution in [3.05, 3.63) is 236 Å². The molecule has 12 rings (SSSR count).